The maximum atomic E-state index is 9.18. The second-order valence-electron chi connectivity index (χ2n) is 4.21. The standard InChI is InChI=1S/C11H9BN2O3/c13-4-7-8(6-1-2-6)5-14-9-3-10(12(15)16)17-11(7)9/h3,5-6,15-16H,1-2H2. The molecular formula is C11H9BN2O3. The van der Waals surface area contributed by atoms with Crippen molar-refractivity contribution in [2.75, 3.05) is 0 Å². The maximum absolute atomic E-state index is 9.18. The minimum atomic E-state index is -1.68. The number of hydrogen-bond donors (Lipinski definition) is 2. The second kappa shape index (κ2) is 3.59. The second-order valence-corrected chi connectivity index (χ2v) is 4.21. The number of rotatable bonds is 2. The molecule has 17 heavy (non-hydrogen) atoms. The van der Waals surface area contributed by atoms with E-state index in [9.17, 15) is 5.26 Å². The van der Waals surface area contributed by atoms with Gasteiger partial charge in [-0.1, -0.05) is 0 Å². The summed E-state index contributed by atoms with van der Waals surface area (Å²) in [5, 5.41) is 27.2. The van der Waals surface area contributed by atoms with Gasteiger partial charge in [0.2, 0.25) is 0 Å². The van der Waals surface area contributed by atoms with Crippen LogP contribution in [0.15, 0.2) is 16.7 Å². The van der Waals surface area contributed by atoms with Gasteiger partial charge in [-0.3, -0.25) is 4.98 Å². The van der Waals surface area contributed by atoms with Crippen LogP contribution in [0, 0.1) is 11.3 Å². The van der Waals surface area contributed by atoms with Crippen LogP contribution in [0.4, 0.5) is 0 Å². The summed E-state index contributed by atoms with van der Waals surface area (Å²) in [7, 11) is -1.68. The van der Waals surface area contributed by atoms with Crippen LogP contribution in [-0.4, -0.2) is 22.2 Å². The van der Waals surface area contributed by atoms with E-state index in [-0.39, 0.29) is 5.66 Å². The third-order valence-corrected chi connectivity index (χ3v) is 2.97. The van der Waals surface area contributed by atoms with E-state index >= 15 is 0 Å². The molecule has 0 unspecified atom stereocenters. The van der Waals surface area contributed by atoms with Crippen LogP contribution in [0.1, 0.15) is 29.9 Å². The minimum absolute atomic E-state index is 0.0111. The quantitative estimate of drug-likeness (QED) is 0.719. The highest BCUT2D eigenvalue weighted by molar-refractivity contribution is 6.57. The van der Waals surface area contributed by atoms with Crippen molar-refractivity contribution in [2.24, 2.45) is 0 Å². The summed E-state index contributed by atoms with van der Waals surface area (Å²) < 4.78 is 5.29. The first-order valence-corrected chi connectivity index (χ1v) is 5.39. The summed E-state index contributed by atoms with van der Waals surface area (Å²) >= 11 is 0. The van der Waals surface area contributed by atoms with E-state index in [0.717, 1.165) is 18.4 Å². The number of fused-ring (bicyclic) bond motifs is 1. The number of furan rings is 1. The Morgan fingerprint density at radius 1 is 1.47 bits per heavy atom. The van der Waals surface area contributed by atoms with Crippen LogP contribution in [0.5, 0.6) is 0 Å². The van der Waals surface area contributed by atoms with Gasteiger partial charge in [0, 0.05) is 12.3 Å². The molecule has 0 radical (unpaired) electrons. The van der Waals surface area contributed by atoms with Crippen molar-refractivity contribution in [3.63, 3.8) is 0 Å². The molecule has 5 nitrogen and oxygen atoms in total. The SMILES string of the molecule is N#Cc1c(C2CC2)cnc2cc(B(O)O)oc12. The summed E-state index contributed by atoms with van der Waals surface area (Å²) in [6.45, 7) is 0. The molecule has 6 heteroatoms. The monoisotopic (exact) mass is 228 g/mol. The Bertz CT molecular complexity index is 625. The number of nitriles is 1. The molecular weight excluding hydrogens is 219 g/mol. The normalized spacial score (nSPS) is 14.9. The van der Waals surface area contributed by atoms with Gasteiger partial charge in [0.15, 0.2) is 5.58 Å². The van der Waals surface area contributed by atoms with E-state index < -0.39 is 7.12 Å². The van der Waals surface area contributed by atoms with E-state index in [4.69, 9.17) is 14.5 Å². The predicted molar refractivity (Wildman–Crippen MR) is 60.5 cm³/mol. The van der Waals surface area contributed by atoms with Gasteiger partial charge in [0.1, 0.15) is 22.8 Å². The molecule has 2 aromatic heterocycles. The van der Waals surface area contributed by atoms with Gasteiger partial charge in [0.25, 0.3) is 0 Å². The molecule has 1 aliphatic rings. The van der Waals surface area contributed by atoms with Crippen molar-refractivity contribution in [3.05, 3.63) is 23.4 Å². The number of nitrogens with zero attached hydrogens (tertiary/aromatic N) is 2. The van der Waals surface area contributed by atoms with Gasteiger partial charge >= 0.3 is 7.12 Å². The molecule has 2 heterocycles. The number of aromatic nitrogens is 1. The first kappa shape index (κ1) is 10.3. The molecule has 0 bridgehead atoms. The summed E-state index contributed by atoms with van der Waals surface area (Å²) in [6, 6.07) is 3.56. The Balaban J connectivity index is 2.24. The lowest BCUT2D eigenvalue weighted by Crippen LogP contribution is -2.27. The van der Waals surface area contributed by atoms with Crippen molar-refractivity contribution in [3.8, 4) is 6.07 Å². The highest BCUT2D eigenvalue weighted by Crippen LogP contribution is 2.42. The molecule has 1 fully saturated rings. The highest BCUT2D eigenvalue weighted by atomic mass is 16.4. The molecule has 2 N–H and O–H groups in total. The van der Waals surface area contributed by atoms with E-state index in [2.05, 4.69) is 11.1 Å². The molecule has 84 valence electrons. The van der Waals surface area contributed by atoms with Crippen LogP contribution < -0.4 is 5.66 Å². The first-order valence-electron chi connectivity index (χ1n) is 5.39. The van der Waals surface area contributed by atoms with Gasteiger partial charge in [0.05, 0.1) is 0 Å². The minimum Gasteiger partial charge on any atom is -0.462 e. The first-order chi connectivity index (χ1) is 8.20. The van der Waals surface area contributed by atoms with Crippen molar-refractivity contribution >= 4 is 23.9 Å². The van der Waals surface area contributed by atoms with E-state index in [1.54, 1.807) is 6.20 Å². The van der Waals surface area contributed by atoms with Gasteiger partial charge in [-0.15, -0.1) is 0 Å². The average molecular weight is 228 g/mol. The fraction of sp³-hybridized carbons (Fsp3) is 0.273. The molecule has 2 aromatic rings. The smallest absolute Gasteiger partial charge is 0.462 e. The summed E-state index contributed by atoms with van der Waals surface area (Å²) in [5.41, 5.74) is 2.20. The lowest BCUT2D eigenvalue weighted by atomic mass is 9.88. The Hall–Kier alpha value is -1.84. The van der Waals surface area contributed by atoms with Crippen LogP contribution in [-0.2, 0) is 0 Å². The lowest BCUT2D eigenvalue weighted by molar-refractivity contribution is 0.412. The third kappa shape index (κ3) is 1.60. The largest absolute Gasteiger partial charge is 0.526 e. The number of pyridine rings is 1. The van der Waals surface area contributed by atoms with Crippen molar-refractivity contribution in [1.29, 1.82) is 5.26 Å². The van der Waals surface area contributed by atoms with E-state index in [0.29, 0.717) is 22.6 Å². The lowest BCUT2D eigenvalue weighted by Gasteiger charge is -2.00. The summed E-state index contributed by atoms with van der Waals surface area (Å²) in [4.78, 5) is 4.19. The Labute approximate surface area is 97.5 Å². The summed E-state index contributed by atoms with van der Waals surface area (Å²) in [5.74, 6) is 0.397. The van der Waals surface area contributed by atoms with Crippen molar-refractivity contribution < 1.29 is 14.5 Å². The topological polar surface area (TPSA) is 90.3 Å². The van der Waals surface area contributed by atoms with Gasteiger partial charge in [-0.25, -0.2) is 0 Å². The molecule has 3 rings (SSSR count). The molecule has 1 aliphatic carbocycles. The fourth-order valence-corrected chi connectivity index (χ4v) is 1.96. The molecule has 0 aromatic carbocycles. The van der Waals surface area contributed by atoms with Crippen LogP contribution in [0.2, 0.25) is 0 Å². The maximum Gasteiger partial charge on any atom is 0.526 e. The Kier molecular flexibility index (Phi) is 2.18. The van der Waals surface area contributed by atoms with Crippen molar-refractivity contribution in [1.82, 2.24) is 4.98 Å². The zero-order chi connectivity index (χ0) is 12.0. The molecule has 0 saturated heterocycles. The van der Waals surface area contributed by atoms with Gasteiger partial charge < -0.3 is 14.5 Å². The van der Waals surface area contributed by atoms with Gasteiger partial charge in [-0.2, -0.15) is 5.26 Å². The average Bonchev–Trinajstić information content (AvgIpc) is 3.05. The zero-order valence-corrected chi connectivity index (χ0v) is 8.92. The van der Waals surface area contributed by atoms with Crippen molar-refractivity contribution in [2.45, 2.75) is 18.8 Å². The van der Waals surface area contributed by atoms with Crippen LogP contribution in [0.25, 0.3) is 11.1 Å². The van der Waals surface area contributed by atoms with E-state index in [1.807, 2.05) is 0 Å². The molecule has 1 saturated carbocycles. The molecule has 0 aliphatic heterocycles. The number of hydrogen-bond acceptors (Lipinski definition) is 5. The van der Waals surface area contributed by atoms with Crippen LogP contribution >= 0.6 is 0 Å². The molecule has 0 spiro atoms. The fourth-order valence-electron chi connectivity index (χ4n) is 1.96. The van der Waals surface area contributed by atoms with E-state index in [1.165, 1.54) is 6.07 Å². The van der Waals surface area contributed by atoms with Crippen LogP contribution in [0.3, 0.4) is 0 Å². The molecule has 0 amide bonds. The highest BCUT2D eigenvalue weighted by Gasteiger charge is 2.29. The third-order valence-electron chi connectivity index (χ3n) is 2.97. The Morgan fingerprint density at radius 2 is 2.24 bits per heavy atom. The Morgan fingerprint density at radius 3 is 2.82 bits per heavy atom. The van der Waals surface area contributed by atoms with Gasteiger partial charge in [-0.05, 0) is 24.3 Å². The molecule has 0 atom stereocenters. The summed E-state index contributed by atoms with van der Waals surface area (Å²) in [6.07, 6.45) is 3.82. The predicted octanol–water partition coefficient (Wildman–Crippen LogP) is 0.257. The zero-order valence-electron chi connectivity index (χ0n) is 8.92.